The number of methoxy groups -OCH3 is 1. The number of aliphatic hydroxyl groups is 1. The number of nitrogens with one attached hydrogen (secondary N) is 2. The molecule has 150 valence electrons. The smallest absolute Gasteiger partial charge is 0.300 e. The summed E-state index contributed by atoms with van der Waals surface area (Å²) >= 11 is 0. The Balaban J connectivity index is 0.000000640. The molecule has 0 unspecified atom stereocenters. The molecule has 1 aliphatic heterocycles. The van der Waals surface area contributed by atoms with Crippen molar-refractivity contribution in [3.05, 3.63) is 59.8 Å². The molecule has 1 aromatic carbocycles. The molecular formula is C20H25N3O5. The molecule has 2 aromatic rings. The molecule has 0 saturated carbocycles. The van der Waals surface area contributed by atoms with Crippen molar-refractivity contribution in [1.82, 2.24) is 15.6 Å². The first-order valence-corrected chi connectivity index (χ1v) is 8.85. The molecule has 0 bridgehead atoms. The van der Waals surface area contributed by atoms with Gasteiger partial charge < -0.3 is 25.6 Å². The van der Waals surface area contributed by atoms with E-state index in [-0.39, 0.29) is 5.91 Å². The van der Waals surface area contributed by atoms with Gasteiger partial charge in [0.05, 0.1) is 18.8 Å². The predicted molar refractivity (Wildman–Crippen MR) is 103 cm³/mol. The number of hydrogen-bond acceptors (Lipinski definition) is 6. The minimum absolute atomic E-state index is 0.263. The fraction of sp³-hybridized carbons (Fsp3) is 0.350. The fourth-order valence-electron chi connectivity index (χ4n) is 3.09. The summed E-state index contributed by atoms with van der Waals surface area (Å²) in [6.45, 7) is 2.22. The molecule has 0 spiro atoms. The van der Waals surface area contributed by atoms with Crippen molar-refractivity contribution in [3.8, 4) is 5.88 Å². The van der Waals surface area contributed by atoms with Crippen LogP contribution < -0.4 is 15.4 Å². The lowest BCUT2D eigenvalue weighted by Gasteiger charge is -2.43. The Morgan fingerprint density at radius 1 is 1.29 bits per heavy atom. The van der Waals surface area contributed by atoms with Crippen LogP contribution in [0.2, 0.25) is 0 Å². The van der Waals surface area contributed by atoms with E-state index in [4.69, 9.17) is 14.6 Å². The third kappa shape index (κ3) is 5.28. The Kier molecular flexibility index (Phi) is 7.48. The monoisotopic (exact) mass is 387 g/mol. The van der Waals surface area contributed by atoms with Gasteiger partial charge in [0.2, 0.25) is 5.88 Å². The molecule has 4 N–H and O–H groups in total. The number of aromatic nitrogens is 1. The number of aliphatic carboxylic acids is 1. The van der Waals surface area contributed by atoms with Crippen LogP contribution in [0.4, 0.5) is 0 Å². The zero-order chi connectivity index (χ0) is 20.6. The van der Waals surface area contributed by atoms with Gasteiger partial charge in [-0.2, -0.15) is 0 Å². The number of ether oxygens (including phenoxy) is 1. The predicted octanol–water partition coefficient (Wildman–Crippen LogP) is 1.16. The molecule has 0 aliphatic carbocycles. The molecule has 1 aliphatic rings. The Hall–Kier alpha value is -2.97. The van der Waals surface area contributed by atoms with Crippen LogP contribution in [0.5, 0.6) is 5.88 Å². The summed E-state index contributed by atoms with van der Waals surface area (Å²) in [5.74, 6) is -0.720. The summed E-state index contributed by atoms with van der Waals surface area (Å²) in [5.41, 5.74) is 0.524. The first kappa shape index (κ1) is 21.3. The maximum Gasteiger partial charge on any atom is 0.300 e. The second kappa shape index (κ2) is 9.82. The van der Waals surface area contributed by atoms with Crippen LogP contribution >= 0.6 is 0 Å². The van der Waals surface area contributed by atoms with Gasteiger partial charge in [-0.3, -0.25) is 9.59 Å². The quantitative estimate of drug-likeness (QED) is 0.621. The Morgan fingerprint density at radius 2 is 1.96 bits per heavy atom. The number of rotatable bonds is 4. The number of piperidine rings is 1. The summed E-state index contributed by atoms with van der Waals surface area (Å²) in [6, 6.07) is 12.8. The number of amides is 1. The third-order valence-electron chi connectivity index (χ3n) is 4.43. The molecule has 8 nitrogen and oxygen atoms in total. The summed E-state index contributed by atoms with van der Waals surface area (Å²) in [6.07, 6.45) is 1.41. The molecule has 1 aromatic heterocycles. The van der Waals surface area contributed by atoms with Crippen LogP contribution in [0.25, 0.3) is 0 Å². The number of β-amino-alcohol motifs (C(OH)–C–C–N with tert-alkyl or cyclic N) is 1. The van der Waals surface area contributed by atoms with Gasteiger partial charge in [0.15, 0.2) is 0 Å². The van der Waals surface area contributed by atoms with Crippen molar-refractivity contribution >= 4 is 11.9 Å². The lowest BCUT2D eigenvalue weighted by molar-refractivity contribution is -0.134. The van der Waals surface area contributed by atoms with E-state index in [2.05, 4.69) is 15.6 Å². The zero-order valence-corrected chi connectivity index (χ0v) is 15.9. The van der Waals surface area contributed by atoms with Crippen LogP contribution in [0.15, 0.2) is 48.7 Å². The average molecular weight is 387 g/mol. The van der Waals surface area contributed by atoms with Gasteiger partial charge >= 0.3 is 0 Å². The lowest BCUT2D eigenvalue weighted by atomic mass is 9.79. The first-order valence-electron chi connectivity index (χ1n) is 8.85. The van der Waals surface area contributed by atoms with Crippen molar-refractivity contribution in [3.63, 3.8) is 0 Å². The van der Waals surface area contributed by atoms with Crippen LogP contribution in [0.3, 0.4) is 0 Å². The highest BCUT2D eigenvalue weighted by molar-refractivity contribution is 5.95. The number of carboxylic acids is 1. The number of aliphatic hydroxyl groups excluding tert-OH is 1. The number of nitrogens with zero attached hydrogens (tertiary/aromatic N) is 1. The molecule has 1 saturated heterocycles. The maximum absolute atomic E-state index is 12.8. The first-order chi connectivity index (χ1) is 13.4. The molecule has 0 radical (unpaired) electrons. The molecule has 3 rings (SSSR count). The van der Waals surface area contributed by atoms with Crippen LogP contribution in [-0.2, 0) is 10.3 Å². The van der Waals surface area contributed by atoms with E-state index in [9.17, 15) is 9.90 Å². The number of carboxylic acid groups (broad SMARTS) is 1. The number of carbonyl (C=O) groups excluding carboxylic acids is 1. The highest BCUT2D eigenvalue weighted by atomic mass is 16.5. The largest absolute Gasteiger partial charge is 0.481 e. The number of hydrogen-bond donors (Lipinski definition) is 4. The topological polar surface area (TPSA) is 121 Å². The third-order valence-corrected chi connectivity index (χ3v) is 4.43. The van der Waals surface area contributed by atoms with Crippen molar-refractivity contribution in [2.24, 2.45) is 0 Å². The van der Waals surface area contributed by atoms with Gasteiger partial charge in [-0.1, -0.05) is 30.3 Å². The standard InChI is InChI=1S/C18H21N3O3.C2H4O2/c1-24-16-11-13(7-9-20-16)17(23)21-18(8-10-19-12-15(18)22)14-5-3-2-4-6-14;1-2(3)4/h2-7,9,11,15,19,22H,8,10,12H2,1H3,(H,21,23);1H3,(H,3,4)/t15-,18+;/m1./s1. The molecule has 2 atom stereocenters. The molecule has 1 fully saturated rings. The van der Waals surface area contributed by atoms with E-state index in [0.717, 1.165) is 12.5 Å². The molecule has 1 amide bonds. The van der Waals surface area contributed by atoms with Gasteiger partial charge in [0.25, 0.3) is 11.9 Å². The van der Waals surface area contributed by atoms with Crippen LogP contribution in [-0.4, -0.2) is 53.4 Å². The highest BCUT2D eigenvalue weighted by Gasteiger charge is 2.42. The second-order valence-corrected chi connectivity index (χ2v) is 6.37. The van der Waals surface area contributed by atoms with Gasteiger partial charge in [-0.25, -0.2) is 4.98 Å². The van der Waals surface area contributed by atoms with Crippen molar-refractivity contribution in [2.75, 3.05) is 20.2 Å². The van der Waals surface area contributed by atoms with Gasteiger partial charge in [0.1, 0.15) is 0 Å². The van der Waals surface area contributed by atoms with E-state index < -0.39 is 17.6 Å². The number of pyridine rings is 1. The summed E-state index contributed by atoms with van der Waals surface area (Å²) < 4.78 is 5.08. The normalized spacial score (nSPS) is 21.0. The molecule has 8 heteroatoms. The Morgan fingerprint density at radius 3 is 2.57 bits per heavy atom. The fourth-order valence-corrected chi connectivity index (χ4v) is 3.09. The summed E-state index contributed by atoms with van der Waals surface area (Å²) in [4.78, 5) is 25.8. The van der Waals surface area contributed by atoms with Gasteiger partial charge in [-0.15, -0.1) is 0 Å². The summed E-state index contributed by atoms with van der Waals surface area (Å²) in [7, 11) is 1.51. The van der Waals surface area contributed by atoms with E-state index in [1.165, 1.54) is 13.3 Å². The zero-order valence-electron chi connectivity index (χ0n) is 15.9. The lowest BCUT2D eigenvalue weighted by Crippen LogP contribution is -2.61. The maximum atomic E-state index is 12.8. The summed E-state index contributed by atoms with van der Waals surface area (Å²) in [5, 5.41) is 24.3. The van der Waals surface area contributed by atoms with E-state index in [1.54, 1.807) is 12.1 Å². The Bertz CT molecular complexity index is 795. The van der Waals surface area contributed by atoms with Gasteiger partial charge in [0, 0.05) is 31.3 Å². The van der Waals surface area contributed by atoms with E-state index >= 15 is 0 Å². The van der Waals surface area contributed by atoms with Crippen LogP contribution in [0, 0.1) is 0 Å². The van der Waals surface area contributed by atoms with Crippen molar-refractivity contribution in [2.45, 2.75) is 25.0 Å². The molecule has 28 heavy (non-hydrogen) atoms. The Labute approximate surface area is 163 Å². The van der Waals surface area contributed by atoms with Gasteiger partial charge in [-0.05, 0) is 24.6 Å². The SMILES string of the molecule is CC(=O)O.COc1cc(C(=O)N[C@]2(c3ccccc3)CCNC[C@H]2O)ccn1. The van der Waals surface area contributed by atoms with E-state index in [1.807, 2.05) is 30.3 Å². The van der Waals surface area contributed by atoms with Crippen molar-refractivity contribution in [1.29, 1.82) is 0 Å². The number of carbonyl (C=O) groups is 2. The molecular weight excluding hydrogens is 362 g/mol. The number of benzene rings is 1. The van der Waals surface area contributed by atoms with E-state index in [0.29, 0.717) is 31.0 Å². The highest BCUT2D eigenvalue weighted by Crippen LogP contribution is 2.31. The van der Waals surface area contributed by atoms with Crippen LogP contribution in [0.1, 0.15) is 29.3 Å². The second-order valence-electron chi connectivity index (χ2n) is 6.37. The molecule has 2 heterocycles. The van der Waals surface area contributed by atoms with Crippen molar-refractivity contribution < 1.29 is 24.5 Å². The average Bonchev–Trinajstić information content (AvgIpc) is 2.70. The minimum Gasteiger partial charge on any atom is -0.481 e. The minimum atomic E-state index is -0.833.